The van der Waals surface area contributed by atoms with Gasteiger partial charge in [-0.25, -0.2) is 0 Å². The van der Waals surface area contributed by atoms with E-state index in [1.54, 1.807) is 6.07 Å². The van der Waals surface area contributed by atoms with Gasteiger partial charge in [-0.15, -0.1) is 11.3 Å². The lowest BCUT2D eigenvalue weighted by molar-refractivity contribution is 0.633. The fraction of sp³-hybridized carbons (Fsp3) is 0.231. The molecule has 6 heteroatoms. The van der Waals surface area contributed by atoms with Crippen LogP contribution in [0.25, 0.3) is 0 Å². The van der Waals surface area contributed by atoms with Gasteiger partial charge in [0.2, 0.25) is 0 Å². The van der Waals surface area contributed by atoms with E-state index in [0.29, 0.717) is 18.7 Å². The van der Waals surface area contributed by atoms with Crippen molar-refractivity contribution in [3.63, 3.8) is 0 Å². The lowest BCUT2D eigenvalue weighted by Gasteiger charge is -2.19. The first-order chi connectivity index (χ1) is 9.04. The Morgan fingerprint density at radius 1 is 1.16 bits per heavy atom. The highest BCUT2D eigenvalue weighted by Gasteiger charge is 2.21. The summed E-state index contributed by atoms with van der Waals surface area (Å²) in [5.41, 5.74) is 1.81. The van der Waals surface area contributed by atoms with Crippen molar-refractivity contribution in [1.29, 1.82) is 0 Å². The topological polar surface area (TPSA) is 12.0 Å². The van der Waals surface area contributed by atoms with Crippen LogP contribution in [0.1, 0.15) is 24.1 Å². The summed E-state index contributed by atoms with van der Waals surface area (Å²) in [5, 5.41) is 4.42. The molecule has 2 aromatic rings. The van der Waals surface area contributed by atoms with E-state index in [1.807, 2.05) is 25.1 Å². The maximum Gasteiger partial charge on any atom is 0.0995 e. The molecule has 1 atom stereocenters. The highest BCUT2D eigenvalue weighted by Crippen LogP contribution is 2.40. The van der Waals surface area contributed by atoms with Crippen LogP contribution >= 0.6 is 57.7 Å². The summed E-state index contributed by atoms with van der Waals surface area (Å²) < 4.78 is 1.31. The molecule has 0 saturated heterocycles. The fourth-order valence-electron chi connectivity index (χ4n) is 1.88. The minimum Gasteiger partial charge on any atom is -0.306 e. The highest BCUT2D eigenvalue weighted by atomic mass is 35.5. The van der Waals surface area contributed by atoms with Gasteiger partial charge in [0.1, 0.15) is 0 Å². The van der Waals surface area contributed by atoms with Crippen molar-refractivity contribution in [2.24, 2.45) is 0 Å². The Bertz CT molecular complexity index is 582. The molecule has 1 unspecified atom stereocenters. The predicted octanol–water partition coefficient (Wildman–Crippen LogP) is 6.06. The third-order valence-electron chi connectivity index (χ3n) is 2.69. The summed E-state index contributed by atoms with van der Waals surface area (Å²) in [4.78, 5) is 0. The Morgan fingerprint density at radius 2 is 1.89 bits per heavy atom. The summed E-state index contributed by atoms with van der Waals surface area (Å²) >= 11 is 26.0. The number of benzene rings is 1. The van der Waals surface area contributed by atoms with Crippen molar-refractivity contribution in [1.82, 2.24) is 5.32 Å². The monoisotopic (exact) mass is 353 g/mol. The van der Waals surface area contributed by atoms with E-state index in [-0.39, 0.29) is 6.04 Å². The molecule has 2 rings (SSSR count). The molecule has 0 saturated carbocycles. The third-order valence-corrected chi connectivity index (χ3v) is 5.05. The Kier molecular flexibility index (Phi) is 5.41. The van der Waals surface area contributed by atoms with Gasteiger partial charge in [0.25, 0.3) is 0 Å². The standard InChI is InChI=1S/C13H11Cl4NS/c1-2-18-12(8-6-10(15)19-13(8)17)7-4-3-5-9(14)11(7)16/h3-6,12,18H,2H2,1H3. The molecule has 0 radical (unpaired) electrons. The van der Waals surface area contributed by atoms with Crippen molar-refractivity contribution < 1.29 is 0 Å². The van der Waals surface area contributed by atoms with E-state index in [0.717, 1.165) is 17.7 Å². The lowest BCUT2D eigenvalue weighted by Crippen LogP contribution is -2.22. The second kappa shape index (κ2) is 6.66. The molecule has 0 aliphatic rings. The van der Waals surface area contributed by atoms with Gasteiger partial charge < -0.3 is 5.32 Å². The van der Waals surface area contributed by atoms with Crippen LogP contribution in [0.2, 0.25) is 18.7 Å². The van der Waals surface area contributed by atoms with Crippen LogP contribution in [-0.4, -0.2) is 6.54 Å². The fourth-order valence-corrected chi connectivity index (χ4v) is 3.83. The zero-order valence-electron chi connectivity index (χ0n) is 10.0. The van der Waals surface area contributed by atoms with Crippen LogP contribution in [0.15, 0.2) is 24.3 Å². The predicted molar refractivity (Wildman–Crippen MR) is 86.3 cm³/mol. The first kappa shape index (κ1) is 15.4. The summed E-state index contributed by atoms with van der Waals surface area (Å²) in [5.74, 6) is 0. The molecular weight excluding hydrogens is 344 g/mol. The van der Waals surface area contributed by atoms with Crippen LogP contribution < -0.4 is 5.32 Å². The Morgan fingerprint density at radius 3 is 2.47 bits per heavy atom. The van der Waals surface area contributed by atoms with E-state index in [9.17, 15) is 0 Å². The minimum absolute atomic E-state index is 0.118. The van der Waals surface area contributed by atoms with Crippen molar-refractivity contribution in [3.8, 4) is 0 Å². The average Bonchev–Trinajstić information content (AvgIpc) is 2.69. The van der Waals surface area contributed by atoms with Gasteiger partial charge in [0, 0.05) is 5.56 Å². The highest BCUT2D eigenvalue weighted by molar-refractivity contribution is 7.20. The minimum atomic E-state index is -0.118. The van der Waals surface area contributed by atoms with Crippen molar-refractivity contribution in [3.05, 3.63) is 54.1 Å². The Labute approximate surface area is 136 Å². The smallest absolute Gasteiger partial charge is 0.0995 e. The lowest BCUT2D eigenvalue weighted by atomic mass is 10.0. The third kappa shape index (κ3) is 3.38. The quantitative estimate of drug-likeness (QED) is 0.703. The van der Waals surface area contributed by atoms with E-state index in [2.05, 4.69) is 5.32 Å². The largest absolute Gasteiger partial charge is 0.306 e. The maximum atomic E-state index is 6.29. The van der Waals surface area contributed by atoms with Crippen LogP contribution in [0.5, 0.6) is 0 Å². The van der Waals surface area contributed by atoms with E-state index < -0.39 is 0 Å². The molecule has 19 heavy (non-hydrogen) atoms. The van der Waals surface area contributed by atoms with Crippen molar-refractivity contribution in [2.45, 2.75) is 13.0 Å². The molecule has 0 fully saturated rings. The van der Waals surface area contributed by atoms with E-state index >= 15 is 0 Å². The summed E-state index contributed by atoms with van der Waals surface area (Å²) in [6.45, 7) is 2.80. The average molecular weight is 355 g/mol. The van der Waals surface area contributed by atoms with Gasteiger partial charge in [-0.1, -0.05) is 65.5 Å². The van der Waals surface area contributed by atoms with Crippen molar-refractivity contribution in [2.75, 3.05) is 6.54 Å². The molecule has 1 heterocycles. The van der Waals surface area contributed by atoms with Gasteiger partial charge in [-0.2, -0.15) is 0 Å². The van der Waals surface area contributed by atoms with Crippen LogP contribution in [0, 0.1) is 0 Å². The second-order valence-corrected chi connectivity index (χ2v) is 6.98. The molecule has 1 nitrogen and oxygen atoms in total. The molecule has 1 aromatic carbocycles. The maximum absolute atomic E-state index is 6.29. The number of nitrogens with one attached hydrogen (secondary N) is 1. The number of rotatable bonds is 4. The van der Waals surface area contributed by atoms with Crippen molar-refractivity contribution >= 4 is 57.7 Å². The number of thiophene rings is 1. The molecule has 0 bridgehead atoms. The molecule has 0 aliphatic carbocycles. The molecular formula is C13H11Cl4NS. The van der Waals surface area contributed by atoms with Gasteiger partial charge in [0.15, 0.2) is 0 Å². The van der Waals surface area contributed by atoms with Gasteiger partial charge in [0.05, 0.1) is 24.8 Å². The number of halogens is 4. The van der Waals surface area contributed by atoms with E-state index in [1.165, 1.54) is 11.3 Å². The zero-order chi connectivity index (χ0) is 14.0. The molecule has 0 amide bonds. The number of hydrogen-bond donors (Lipinski definition) is 1. The first-order valence-corrected chi connectivity index (χ1v) is 7.99. The van der Waals surface area contributed by atoms with E-state index in [4.69, 9.17) is 46.4 Å². The normalized spacial score (nSPS) is 12.7. The zero-order valence-corrected chi connectivity index (χ0v) is 13.9. The van der Waals surface area contributed by atoms with Gasteiger partial charge >= 0.3 is 0 Å². The van der Waals surface area contributed by atoms with Gasteiger partial charge in [-0.3, -0.25) is 0 Å². The Balaban J connectivity index is 2.51. The number of hydrogen-bond acceptors (Lipinski definition) is 2. The first-order valence-electron chi connectivity index (χ1n) is 5.66. The SMILES string of the molecule is CCNC(c1cc(Cl)sc1Cl)c1cccc(Cl)c1Cl. The second-order valence-electron chi connectivity index (χ2n) is 3.91. The molecule has 0 aliphatic heterocycles. The summed E-state index contributed by atoms with van der Waals surface area (Å²) in [6, 6.07) is 7.31. The van der Waals surface area contributed by atoms with Gasteiger partial charge in [-0.05, 0) is 24.2 Å². The molecule has 0 spiro atoms. The molecule has 1 aromatic heterocycles. The summed E-state index contributed by atoms with van der Waals surface area (Å²) in [7, 11) is 0. The van der Waals surface area contributed by atoms with Crippen LogP contribution in [-0.2, 0) is 0 Å². The summed E-state index contributed by atoms with van der Waals surface area (Å²) in [6.07, 6.45) is 0. The molecule has 1 N–H and O–H groups in total. The van der Waals surface area contributed by atoms with Crippen LogP contribution in [0.3, 0.4) is 0 Å². The Hall–Kier alpha value is 0.0400. The van der Waals surface area contributed by atoms with Crippen LogP contribution in [0.4, 0.5) is 0 Å². The molecule has 102 valence electrons.